The van der Waals surface area contributed by atoms with E-state index in [0.29, 0.717) is 17.7 Å². The van der Waals surface area contributed by atoms with E-state index in [9.17, 15) is 9.59 Å². The van der Waals surface area contributed by atoms with Crippen LogP contribution >= 0.6 is 0 Å². The molecule has 0 unspecified atom stereocenters. The number of ether oxygens (including phenoxy) is 1. The average molecular weight is 310 g/mol. The number of anilines is 1. The summed E-state index contributed by atoms with van der Waals surface area (Å²) >= 11 is 0. The largest absolute Gasteiger partial charge is 0.480 e. The number of nitrogens with zero attached hydrogens (tertiary/aromatic N) is 1. The third kappa shape index (κ3) is 3.18. The maximum atomic E-state index is 12.3. The number of nitrogens with one attached hydrogen (secondary N) is 1. The third-order valence-electron chi connectivity index (χ3n) is 3.75. The molecule has 0 aliphatic carbocycles. The van der Waals surface area contributed by atoms with Crippen LogP contribution in [0.1, 0.15) is 15.9 Å². The topological polar surface area (TPSA) is 58.6 Å². The Morgan fingerprint density at radius 3 is 2.43 bits per heavy atom. The molecule has 3 rings (SSSR count). The molecule has 5 heteroatoms. The van der Waals surface area contributed by atoms with E-state index in [0.717, 1.165) is 11.3 Å². The van der Waals surface area contributed by atoms with Crippen molar-refractivity contribution in [3.63, 3.8) is 0 Å². The molecule has 0 aromatic heterocycles. The second kappa shape index (κ2) is 6.12. The van der Waals surface area contributed by atoms with Gasteiger partial charge in [0.05, 0.1) is 0 Å². The molecular formula is C18H18N2O3. The molecule has 2 amide bonds. The van der Waals surface area contributed by atoms with Gasteiger partial charge in [0.1, 0.15) is 5.75 Å². The lowest BCUT2D eigenvalue weighted by Crippen LogP contribution is -2.31. The fraction of sp³-hybridized carbons (Fsp3) is 0.222. The van der Waals surface area contributed by atoms with Gasteiger partial charge in [0.25, 0.3) is 11.8 Å². The summed E-state index contributed by atoms with van der Waals surface area (Å²) in [5.41, 5.74) is 2.27. The average Bonchev–Trinajstić information content (AvgIpc) is 2.99. The van der Waals surface area contributed by atoms with E-state index in [1.54, 1.807) is 38.4 Å². The maximum Gasteiger partial charge on any atom is 0.265 e. The van der Waals surface area contributed by atoms with Gasteiger partial charge in [-0.1, -0.05) is 18.2 Å². The van der Waals surface area contributed by atoms with Gasteiger partial charge in [-0.25, -0.2) is 0 Å². The molecule has 2 aromatic rings. The first kappa shape index (κ1) is 15.1. The predicted molar refractivity (Wildman–Crippen MR) is 87.7 cm³/mol. The van der Waals surface area contributed by atoms with Gasteiger partial charge in [-0.3, -0.25) is 9.59 Å². The normalized spacial score (nSPS) is 15.5. The van der Waals surface area contributed by atoms with Crippen LogP contribution in [0.2, 0.25) is 0 Å². The highest BCUT2D eigenvalue weighted by Gasteiger charge is 2.28. The summed E-state index contributed by atoms with van der Waals surface area (Å²) in [6.07, 6.45) is 0.0506. The van der Waals surface area contributed by atoms with Crippen molar-refractivity contribution in [3.8, 4) is 5.75 Å². The molecule has 0 saturated heterocycles. The van der Waals surface area contributed by atoms with Crippen molar-refractivity contribution < 1.29 is 14.3 Å². The Kier molecular flexibility index (Phi) is 4.02. The molecule has 0 fully saturated rings. The summed E-state index contributed by atoms with van der Waals surface area (Å²) in [5, 5.41) is 2.83. The first-order valence-corrected chi connectivity index (χ1v) is 7.42. The molecule has 1 atom stereocenters. The van der Waals surface area contributed by atoms with Gasteiger partial charge in [0.2, 0.25) is 0 Å². The Morgan fingerprint density at radius 2 is 1.78 bits per heavy atom. The minimum absolute atomic E-state index is 0.0718. The van der Waals surface area contributed by atoms with E-state index in [2.05, 4.69) is 5.32 Å². The van der Waals surface area contributed by atoms with Crippen LogP contribution in [0.5, 0.6) is 5.75 Å². The monoisotopic (exact) mass is 310 g/mol. The molecule has 118 valence electrons. The van der Waals surface area contributed by atoms with Crippen molar-refractivity contribution in [1.82, 2.24) is 4.90 Å². The Balaban J connectivity index is 1.64. The zero-order valence-corrected chi connectivity index (χ0v) is 13.1. The van der Waals surface area contributed by atoms with Gasteiger partial charge < -0.3 is 15.0 Å². The Hall–Kier alpha value is -2.82. The molecule has 0 radical (unpaired) electrons. The molecular weight excluding hydrogens is 292 g/mol. The molecule has 2 aromatic carbocycles. The molecule has 1 aliphatic rings. The standard InChI is InChI=1S/C18H18N2O3/c1-20(2)18(22)12-7-9-14(10-8-12)19-17(21)16-11-13-5-3-4-6-15(13)23-16/h3-10,16H,11H2,1-2H3,(H,19,21)/t16-/m0/s1. The number of fused-ring (bicyclic) bond motifs is 1. The van der Waals surface area contributed by atoms with E-state index >= 15 is 0 Å². The molecule has 0 saturated carbocycles. The summed E-state index contributed by atoms with van der Waals surface area (Å²) in [6.45, 7) is 0. The van der Waals surface area contributed by atoms with E-state index < -0.39 is 6.10 Å². The number of amides is 2. The molecule has 1 aliphatic heterocycles. The van der Waals surface area contributed by atoms with Gasteiger partial charge >= 0.3 is 0 Å². The van der Waals surface area contributed by atoms with Crippen molar-refractivity contribution >= 4 is 17.5 Å². The molecule has 23 heavy (non-hydrogen) atoms. The summed E-state index contributed by atoms with van der Waals surface area (Å²) in [4.78, 5) is 25.6. The molecule has 1 N–H and O–H groups in total. The maximum absolute atomic E-state index is 12.3. The van der Waals surface area contributed by atoms with Crippen LogP contribution in [-0.4, -0.2) is 36.9 Å². The van der Waals surface area contributed by atoms with Crippen molar-refractivity contribution in [1.29, 1.82) is 0 Å². The lowest BCUT2D eigenvalue weighted by Gasteiger charge is -2.13. The van der Waals surface area contributed by atoms with Crippen LogP contribution in [0.25, 0.3) is 0 Å². The van der Waals surface area contributed by atoms with Gasteiger partial charge in [-0.2, -0.15) is 0 Å². The summed E-state index contributed by atoms with van der Waals surface area (Å²) in [5.74, 6) is 0.505. The summed E-state index contributed by atoms with van der Waals surface area (Å²) < 4.78 is 5.66. The number of carbonyl (C=O) groups excluding carboxylic acids is 2. The molecule has 5 nitrogen and oxygen atoms in total. The van der Waals surface area contributed by atoms with Crippen molar-refractivity contribution in [2.75, 3.05) is 19.4 Å². The molecule has 0 bridgehead atoms. The molecule has 0 spiro atoms. The van der Waals surface area contributed by atoms with E-state index in [1.807, 2.05) is 24.3 Å². The third-order valence-corrected chi connectivity index (χ3v) is 3.75. The number of hydrogen-bond donors (Lipinski definition) is 1. The lowest BCUT2D eigenvalue weighted by molar-refractivity contribution is -0.122. The van der Waals surface area contributed by atoms with Crippen LogP contribution in [0.3, 0.4) is 0 Å². The first-order chi connectivity index (χ1) is 11.0. The number of para-hydroxylation sites is 1. The van der Waals surface area contributed by atoms with Gasteiger partial charge in [-0.15, -0.1) is 0 Å². The van der Waals surface area contributed by atoms with E-state index in [1.165, 1.54) is 4.90 Å². The smallest absolute Gasteiger partial charge is 0.265 e. The zero-order valence-electron chi connectivity index (χ0n) is 13.1. The highest BCUT2D eigenvalue weighted by Crippen LogP contribution is 2.28. The van der Waals surface area contributed by atoms with Crippen LogP contribution in [0.4, 0.5) is 5.69 Å². The van der Waals surface area contributed by atoms with E-state index in [4.69, 9.17) is 4.74 Å². The van der Waals surface area contributed by atoms with Crippen molar-refractivity contribution in [2.24, 2.45) is 0 Å². The molecule has 1 heterocycles. The Bertz CT molecular complexity index is 713. The fourth-order valence-corrected chi connectivity index (χ4v) is 2.51. The first-order valence-electron chi connectivity index (χ1n) is 7.42. The highest BCUT2D eigenvalue weighted by atomic mass is 16.5. The van der Waals surface area contributed by atoms with Gasteiger partial charge in [0, 0.05) is 31.8 Å². The predicted octanol–water partition coefficient (Wildman–Crippen LogP) is 2.33. The minimum Gasteiger partial charge on any atom is -0.480 e. The summed E-state index contributed by atoms with van der Waals surface area (Å²) in [7, 11) is 3.40. The SMILES string of the molecule is CN(C)C(=O)c1ccc(NC(=O)[C@@H]2Cc3ccccc3O2)cc1. The quantitative estimate of drug-likeness (QED) is 0.946. The van der Waals surface area contributed by atoms with Crippen LogP contribution in [0.15, 0.2) is 48.5 Å². The zero-order chi connectivity index (χ0) is 16.4. The minimum atomic E-state index is -0.518. The second-order valence-corrected chi connectivity index (χ2v) is 5.68. The van der Waals surface area contributed by atoms with E-state index in [-0.39, 0.29) is 11.8 Å². The Labute approximate surface area is 134 Å². The highest BCUT2D eigenvalue weighted by molar-refractivity contribution is 5.97. The second-order valence-electron chi connectivity index (χ2n) is 5.68. The number of rotatable bonds is 3. The van der Waals surface area contributed by atoms with Crippen molar-refractivity contribution in [2.45, 2.75) is 12.5 Å². The van der Waals surface area contributed by atoms with Crippen LogP contribution in [-0.2, 0) is 11.2 Å². The summed E-state index contributed by atoms with van der Waals surface area (Å²) in [6, 6.07) is 14.5. The van der Waals surface area contributed by atoms with Crippen LogP contribution < -0.4 is 10.1 Å². The number of carbonyl (C=O) groups is 2. The number of benzene rings is 2. The van der Waals surface area contributed by atoms with Gasteiger partial charge in [0.15, 0.2) is 6.10 Å². The van der Waals surface area contributed by atoms with Gasteiger partial charge in [-0.05, 0) is 35.9 Å². The fourth-order valence-electron chi connectivity index (χ4n) is 2.51. The number of hydrogen-bond acceptors (Lipinski definition) is 3. The Morgan fingerprint density at radius 1 is 1.09 bits per heavy atom. The van der Waals surface area contributed by atoms with Crippen molar-refractivity contribution in [3.05, 3.63) is 59.7 Å². The van der Waals surface area contributed by atoms with Crippen LogP contribution in [0, 0.1) is 0 Å². The lowest BCUT2D eigenvalue weighted by atomic mass is 10.1.